The lowest BCUT2D eigenvalue weighted by Gasteiger charge is -2.36. The van der Waals surface area contributed by atoms with E-state index < -0.39 is 0 Å². The molecule has 2 N–H and O–H groups in total. The minimum absolute atomic E-state index is 0.112. The van der Waals surface area contributed by atoms with Gasteiger partial charge in [0.1, 0.15) is 12.1 Å². The van der Waals surface area contributed by atoms with E-state index in [0.29, 0.717) is 29.7 Å². The number of fused-ring (bicyclic) bond motifs is 1. The molecule has 3 heterocycles. The highest BCUT2D eigenvalue weighted by Gasteiger charge is 2.22. The van der Waals surface area contributed by atoms with Gasteiger partial charge < -0.3 is 24.8 Å². The zero-order chi connectivity index (χ0) is 21.9. The molecule has 0 aliphatic carbocycles. The van der Waals surface area contributed by atoms with Gasteiger partial charge in [0.2, 0.25) is 5.88 Å². The van der Waals surface area contributed by atoms with Gasteiger partial charge in [-0.1, -0.05) is 11.6 Å². The monoisotopic (exact) mass is 448 g/mol. The number of amides is 2. The summed E-state index contributed by atoms with van der Waals surface area (Å²) >= 11 is 6.10. The lowest BCUT2D eigenvalue weighted by Crippen LogP contribution is -2.50. The van der Waals surface area contributed by atoms with Crippen LogP contribution in [0.1, 0.15) is 0 Å². The van der Waals surface area contributed by atoms with E-state index in [1.807, 2.05) is 47.4 Å². The molecule has 162 valence electrons. The number of carbonyl (C=O) groups excluding carboxylic acids is 1. The normalized spacial score (nSPS) is 13.9. The maximum Gasteiger partial charge on any atom is 0.322 e. The van der Waals surface area contributed by atoms with E-state index in [1.165, 1.54) is 6.33 Å². The van der Waals surface area contributed by atoms with Gasteiger partial charge in [0, 0.05) is 66.3 Å². The third-order valence-corrected chi connectivity index (χ3v) is 5.67. The Morgan fingerprint density at radius 1 is 1.06 bits per heavy atom. The number of urea groups is 1. The summed E-state index contributed by atoms with van der Waals surface area (Å²) in [5.41, 5.74) is 2.75. The van der Waals surface area contributed by atoms with Gasteiger partial charge in [0.25, 0.3) is 0 Å². The third-order valence-electron chi connectivity index (χ3n) is 5.43. The van der Waals surface area contributed by atoms with Crippen molar-refractivity contribution in [2.75, 3.05) is 36.4 Å². The van der Waals surface area contributed by atoms with Crippen LogP contribution in [0, 0.1) is 0 Å². The number of piperazine rings is 1. The molecule has 0 radical (unpaired) electrons. The molecule has 1 aliphatic heterocycles. The molecule has 2 aromatic carbocycles. The number of ether oxygens (including phenoxy) is 1. The summed E-state index contributed by atoms with van der Waals surface area (Å²) in [7, 11) is 0. The molecule has 8 nitrogen and oxygen atoms in total. The van der Waals surface area contributed by atoms with Gasteiger partial charge >= 0.3 is 6.03 Å². The Balaban J connectivity index is 1.17. The average Bonchev–Trinajstić information content (AvgIpc) is 3.22. The maximum atomic E-state index is 12.8. The number of anilines is 2. The maximum absolute atomic E-state index is 12.8. The van der Waals surface area contributed by atoms with Crippen LogP contribution in [0.4, 0.5) is 16.2 Å². The molecule has 2 aromatic heterocycles. The van der Waals surface area contributed by atoms with Crippen LogP contribution < -0.4 is 15.0 Å². The number of hydrogen-bond donors (Lipinski definition) is 2. The fraction of sp³-hybridized carbons (Fsp3) is 0.174. The molecular weight excluding hydrogens is 428 g/mol. The zero-order valence-electron chi connectivity index (χ0n) is 17.2. The van der Waals surface area contributed by atoms with Crippen molar-refractivity contribution >= 4 is 39.9 Å². The molecule has 0 spiro atoms. The van der Waals surface area contributed by atoms with Crippen molar-refractivity contribution in [2.24, 2.45) is 0 Å². The van der Waals surface area contributed by atoms with Crippen LogP contribution in [0.15, 0.2) is 67.3 Å². The largest absolute Gasteiger partial charge is 0.439 e. The first-order valence-corrected chi connectivity index (χ1v) is 10.6. The van der Waals surface area contributed by atoms with Crippen molar-refractivity contribution in [3.05, 3.63) is 72.3 Å². The van der Waals surface area contributed by atoms with Crippen molar-refractivity contribution in [3.63, 3.8) is 0 Å². The van der Waals surface area contributed by atoms with E-state index in [0.717, 1.165) is 35.4 Å². The van der Waals surface area contributed by atoms with Crippen molar-refractivity contribution in [1.29, 1.82) is 0 Å². The van der Waals surface area contributed by atoms with Crippen molar-refractivity contribution < 1.29 is 9.53 Å². The number of aromatic amines is 1. The standard InChI is InChI=1S/C23H21ClN6O2/c24-16-1-6-20-19(13-16)21(14-26-20)28-23(31)30-11-9-29(10-12-30)17-2-4-18(5-3-17)32-22-7-8-25-15-27-22/h1-8,13-15,26H,9-12H2,(H,28,31). The first-order chi connectivity index (χ1) is 15.7. The van der Waals surface area contributed by atoms with Crippen LogP contribution in [0.5, 0.6) is 11.6 Å². The summed E-state index contributed by atoms with van der Waals surface area (Å²) < 4.78 is 5.72. The molecule has 1 fully saturated rings. The van der Waals surface area contributed by atoms with E-state index in [9.17, 15) is 4.79 Å². The number of nitrogens with one attached hydrogen (secondary N) is 2. The molecule has 32 heavy (non-hydrogen) atoms. The van der Waals surface area contributed by atoms with E-state index >= 15 is 0 Å². The number of halogens is 1. The second-order valence-electron chi connectivity index (χ2n) is 7.44. The lowest BCUT2D eigenvalue weighted by molar-refractivity contribution is 0.208. The molecule has 2 amide bonds. The minimum atomic E-state index is -0.112. The van der Waals surface area contributed by atoms with E-state index in [1.54, 1.807) is 18.5 Å². The fourth-order valence-corrected chi connectivity index (χ4v) is 3.92. The van der Waals surface area contributed by atoms with Crippen molar-refractivity contribution in [2.45, 2.75) is 0 Å². The van der Waals surface area contributed by atoms with E-state index in [2.05, 4.69) is 25.2 Å². The summed E-state index contributed by atoms with van der Waals surface area (Å²) in [5, 5.41) is 4.53. The summed E-state index contributed by atoms with van der Waals surface area (Å²) in [6.45, 7) is 2.76. The molecule has 0 bridgehead atoms. The Kier molecular flexibility index (Phi) is 5.51. The molecule has 1 aliphatic rings. The second kappa shape index (κ2) is 8.76. The smallest absolute Gasteiger partial charge is 0.322 e. The Morgan fingerprint density at radius 2 is 1.88 bits per heavy atom. The quantitative estimate of drug-likeness (QED) is 0.470. The van der Waals surface area contributed by atoms with E-state index in [-0.39, 0.29) is 6.03 Å². The summed E-state index contributed by atoms with van der Waals surface area (Å²) in [6, 6.07) is 15.0. The van der Waals surface area contributed by atoms with Crippen molar-refractivity contribution in [3.8, 4) is 11.6 Å². The Bertz CT molecular complexity index is 1220. The predicted octanol–water partition coefficient (Wildman–Crippen LogP) is 4.76. The van der Waals surface area contributed by atoms with Crippen LogP contribution in [-0.4, -0.2) is 52.1 Å². The molecule has 0 unspecified atom stereocenters. The van der Waals surface area contributed by atoms with Crippen LogP contribution in [-0.2, 0) is 0 Å². The van der Waals surface area contributed by atoms with Gasteiger partial charge in [0.15, 0.2) is 0 Å². The molecule has 1 saturated heterocycles. The SMILES string of the molecule is O=C(Nc1c[nH]c2ccc(Cl)cc12)N1CCN(c2ccc(Oc3ccncn3)cc2)CC1. The third kappa shape index (κ3) is 4.31. The predicted molar refractivity (Wildman–Crippen MR) is 125 cm³/mol. The zero-order valence-corrected chi connectivity index (χ0v) is 17.9. The number of nitrogens with zero attached hydrogens (tertiary/aromatic N) is 4. The van der Waals surface area contributed by atoms with Crippen LogP contribution >= 0.6 is 11.6 Å². The number of rotatable bonds is 4. The molecular formula is C23H21ClN6O2. The molecule has 0 saturated carbocycles. The topological polar surface area (TPSA) is 86.4 Å². The summed E-state index contributed by atoms with van der Waals surface area (Å²) in [6.07, 6.45) is 4.88. The summed E-state index contributed by atoms with van der Waals surface area (Å²) in [5.74, 6) is 1.22. The minimum Gasteiger partial charge on any atom is -0.439 e. The summed E-state index contributed by atoms with van der Waals surface area (Å²) in [4.78, 5) is 28.0. The number of hydrogen-bond acceptors (Lipinski definition) is 5. The highest BCUT2D eigenvalue weighted by Crippen LogP contribution is 2.27. The lowest BCUT2D eigenvalue weighted by atomic mass is 10.2. The number of H-pyrrole nitrogens is 1. The Labute approximate surface area is 189 Å². The highest BCUT2D eigenvalue weighted by atomic mass is 35.5. The van der Waals surface area contributed by atoms with Gasteiger partial charge in [0.05, 0.1) is 5.69 Å². The molecule has 4 aromatic rings. The van der Waals surface area contributed by atoms with Gasteiger partial charge in [-0.15, -0.1) is 0 Å². The van der Waals surface area contributed by atoms with Gasteiger partial charge in [-0.25, -0.2) is 14.8 Å². The van der Waals surface area contributed by atoms with Crippen LogP contribution in [0.3, 0.4) is 0 Å². The van der Waals surface area contributed by atoms with E-state index in [4.69, 9.17) is 16.3 Å². The Morgan fingerprint density at radius 3 is 2.62 bits per heavy atom. The highest BCUT2D eigenvalue weighted by molar-refractivity contribution is 6.31. The number of carbonyl (C=O) groups is 1. The van der Waals surface area contributed by atoms with Crippen molar-refractivity contribution in [1.82, 2.24) is 19.9 Å². The second-order valence-corrected chi connectivity index (χ2v) is 7.88. The first-order valence-electron chi connectivity index (χ1n) is 10.3. The molecule has 5 rings (SSSR count). The number of benzene rings is 2. The number of aromatic nitrogens is 3. The molecule has 0 atom stereocenters. The van der Waals surface area contributed by atoms with Crippen LogP contribution in [0.25, 0.3) is 10.9 Å². The van der Waals surface area contributed by atoms with Gasteiger partial charge in [-0.05, 0) is 42.5 Å². The van der Waals surface area contributed by atoms with Gasteiger partial charge in [-0.2, -0.15) is 0 Å². The van der Waals surface area contributed by atoms with Crippen LogP contribution in [0.2, 0.25) is 5.02 Å². The fourth-order valence-electron chi connectivity index (χ4n) is 3.74. The van der Waals surface area contributed by atoms with Gasteiger partial charge in [-0.3, -0.25) is 0 Å². The first kappa shape index (κ1) is 20.1. The molecule has 9 heteroatoms. The Hall–Kier alpha value is -3.78. The average molecular weight is 449 g/mol.